The van der Waals surface area contributed by atoms with Crippen molar-refractivity contribution in [1.29, 1.82) is 0 Å². The lowest BCUT2D eigenvalue weighted by atomic mass is 9.94. The van der Waals surface area contributed by atoms with Gasteiger partial charge in [-0.2, -0.15) is 0 Å². The summed E-state index contributed by atoms with van der Waals surface area (Å²) >= 11 is 1.05. The monoisotopic (exact) mass is 554 g/mol. The van der Waals surface area contributed by atoms with Gasteiger partial charge >= 0.3 is 17.9 Å². The molecule has 2 aromatic rings. The average molecular weight is 555 g/mol. The maximum atomic E-state index is 12.8. The lowest BCUT2D eigenvalue weighted by Crippen LogP contribution is -2.38. The van der Waals surface area contributed by atoms with E-state index in [1.807, 2.05) is 0 Å². The zero-order chi connectivity index (χ0) is 27.8. The number of hydrogen-bond acceptors (Lipinski definition) is 10. The van der Waals surface area contributed by atoms with Crippen LogP contribution in [0, 0.1) is 0 Å². The van der Waals surface area contributed by atoms with Crippen LogP contribution >= 0.6 is 11.8 Å². The minimum Gasteiger partial charge on any atom is -0.463 e. The van der Waals surface area contributed by atoms with Crippen molar-refractivity contribution in [3.63, 3.8) is 0 Å². The van der Waals surface area contributed by atoms with Crippen molar-refractivity contribution in [3.8, 4) is 0 Å². The van der Waals surface area contributed by atoms with Gasteiger partial charge in [0.1, 0.15) is 25.4 Å². The summed E-state index contributed by atoms with van der Waals surface area (Å²) in [4.78, 5) is 49.7. The van der Waals surface area contributed by atoms with Crippen LogP contribution in [0.4, 0.5) is 0 Å². The molecule has 1 aliphatic carbocycles. The summed E-state index contributed by atoms with van der Waals surface area (Å²) in [6.07, 6.45) is 0.686. The van der Waals surface area contributed by atoms with Crippen molar-refractivity contribution in [1.82, 2.24) is 0 Å². The summed E-state index contributed by atoms with van der Waals surface area (Å²) in [7, 11) is 0. The van der Waals surface area contributed by atoms with Gasteiger partial charge in [-0.3, -0.25) is 4.79 Å². The molecule has 3 atom stereocenters. The molecule has 4 rings (SSSR count). The molecule has 0 unspecified atom stereocenters. The number of carbonyl (C=O) groups excluding carboxylic acids is 4. The smallest absolute Gasteiger partial charge is 0.338 e. The molecule has 1 heterocycles. The molecule has 0 amide bonds. The van der Waals surface area contributed by atoms with Crippen LogP contribution in [0.1, 0.15) is 47.4 Å². The fraction of sp³-hybridized carbons (Fsp3) is 0.379. The van der Waals surface area contributed by atoms with Crippen LogP contribution in [0.2, 0.25) is 0 Å². The van der Waals surface area contributed by atoms with Crippen LogP contribution < -0.4 is 0 Å². The van der Waals surface area contributed by atoms with Crippen LogP contribution in [0.3, 0.4) is 0 Å². The Morgan fingerprint density at radius 3 is 1.79 bits per heavy atom. The highest BCUT2D eigenvalue weighted by atomic mass is 32.2. The first-order valence-corrected chi connectivity index (χ1v) is 13.6. The number of esters is 3. The van der Waals surface area contributed by atoms with Crippen molar-refractivity contribution in [2.75, 3.05) is 19.8 Å². The van der Waals surface area contributed by atoms with E-state index in [-0.39, 0.29) is 30.5 Å². The Bertz CT molecular complexity index is 1150. The predicted octanol–water partition coefficient (Wildman–Crippen LogP) is 4.11. The summed E-state index contributed by atoms with van der Waals surface area (Å²) in [6, 6.07) is 17.0. The zero-order valence-corrected chi connectivity index (χ0v) is 22.5. The van der Waals surface area contributed by atoms with E-state index < -0.39 is 41.2 Å². The SMILES string of the molecule is CCOC(=O)C1=CC2(CC[C@H]1SC(C)=O)O[C@@H](COC(=O)c1ccccc1)[C@H](COC(=O)c1ccccc1)O2. The van der Waals surface area contributed by atoms with Crippen LogP contribution in [0.5, 0.6) is 0 Å². The summed E-state index contributed by atoms with van der Waals surface area (Å²) in [5.41, 5.74) is 1.03. The van der Waals surface area contributed by atoms with Gasteiger partial charge in [0.15, 0.2) is 10.9 Å². The Labute approximate surface area is 230 Å². The second-order valence-corrected chi connectivity index (χ2v) is 10.4. The Morgan fingerprint density at radius 1 is 0.821 bits per heavy atom. The Morgan fingerprint density at radius 2 is 1.33 bits per heavy atom. The van der Waals surface area contributed by atoms with E-state index in [9.17, 15) is 19.2 Å². The summed E-state index contributed by atoms with van der Waals surface area (Å²) < 4.78 is 28.8. The Hall–Kier alpha value is -3.47. The second-order valence-electron chi connectivity index (χ2n) is 9.01. The highest BCUT2D eigenvalue weighted by Gasteiger charge is 2.50. The number of rotatable bonds is 9. The summed E-state index contributed by atoms with van der Waals surface area (Å²) in [5, 5.41) is -0.542. The Kier molecular flexibility index (Phi) is 9.55. The molecule has 0 N–H and O–H groups in total. The third-order valence-electron chi connectivity index (χ3n) is 6.19. The van der Waals surface area contributed by atoms with Crippen molar-refractivity contribution >= 4 is 34.8 Å². The maximum absolute atomic E-state index is 12.8. The number of thioether (sulfide) groups is 1. The van der Waals surface area contributed by atoms with Gasteiger partial charge in [0.2, 0.25) is 0 Å². The summed E-state index contributed by atoms with van der Waals surface area (Å²) in [5.74, 6) is -2.98. The molecule has 0 saturated carbocycles. The van der Waals surface area contributed by atoms with E-state index in [1.54, 1.807) is 73.7 Å². The largest absolute Gasteiger partial charge is 0.463 e. The minimum atomic E-state index is -1.34. The molecule has 39 heavy (non-hydrogen) atoms. The molecule has 9 nitrogen and oxygen atoms in total. The topological polar surface area (TPSA) is 114 Å². The summed E-state index contributed by atoms with van der Waals surface area (Å²) in [6.45, 7) is 2.96. The van der Waals surface area contributed by atoms with E-state index in [1.165, 1.54) is 6.92 Å². The van der Waals surface area contributed by atoms with E-state index in [4.69, 9.17) is 23.7 Å². The van der Waals surface area contributed by atoms with Gasteiger partial charge in [-0.25, -0.2) is 14.4 Å². The number of ether oxygens (including phenoxy) is 5. The molecule has 206 valence electrons. The molecule has 1 fully saturated rings. The van der Waals surface area contributed by atoms with Crippen LogP contribution in [-0.4, -0.2) is 66.1 Å². The van der Waals surface area contributed by atoms with Gasteiger partial charge in [0, 0.05) is 18.6 Å². The van der Waals surface area contributed by atoms with E-state index in [2.05, 4.69) is 0 Å². The number of carbonyl (C=O) groups is 4. The van der Waals surface area contributed by atoms with Gasteiger partial charge in [-0.15, -0.1) is 0 Å². The zero-order valence-electron chi connectivity index (χ0n) is 21.7. The van der Waals surface area contributed by atoms with Crippen LogP contribution in [0.15, 0.2) is 72.3 Å². The first-order valence-electron chi connectivity index (χ1n) is 12.7. The van der Waals surface area contributed by atoms with Crippen molar-refractivity contribution in [3.05, 3.63) is 83.4 Å². The standard InChI is InChI=1S/C29H30O9S/c1-3-34-28(33)22-16-29(15-14-25(22)39-19(2)30)37-23(17-35-26(31)20-10-6-4-7-11-20)24(38-29)18-36-27(32)21-12-8-5-9-13-21/h4-13,16,23-25H,3,14-15,17-18H2,1-2H3/t23-,24-,25+/m0/s1. The van der Waals surface area contributed by atoms with Crippen LogP contribution in [0.25, 0.3) is 0 Å². The van der Waals surface area contributed by atoms with Gasteiger partial charge in [0.25, 0.3) is 0 Å². The van der Waals surface area contributed by atoms with E-state index in [0.29, 0.717) is 24.0 Å². The van der Waals surface area contributed by atoms with Gasteiger partial charge < -0.3 is 23.7 Å². The molecule has 2 aromatic carbocycles. The minimum absolute atomic E-state index is 0.129. The first-order chi connectivity index (χ1) is 18.8. The quantitative estimate of drug-likeness (QED) is 0.331. The van der Waals surface area contributed by atoms with Gasteiger partial charge in [-0.05, 0) is 43.7 Å². The number of hydrogen-bond donors (Lipinski definition) is 0. The molecule has 0 aromatic heterocycles. The lowest BCUT2D eigenvalue weighted by molar-refractivity contribution is -0.154. The normalized spacial score (nSPS) is 21.6. The average Bonchev–Trinajstić information content (AvgIpc) is 3.28. The predicted molar refractivity (Wildman–Crippen MR) is 142 cm³/mol. The maximum Gasteiger partial charge on any atom is 0.338 e. The third-order valence-corrected chi connectivity index (χ3v) is 7.30. The van der Waals surface area contributed by atoms with E-state index in [0.717, 1.165) is 11.8 Å². The fourth-order valence-corrected chi connectivity index (χ4v) is 5.34. The molecule has 0 bridgehead atoms. The third kappa shape index (κ3) is 7.35. The molecule has 1 spiro atoms. The molecular formula is C29H30O9S. The molecule has 10 heteroatoms. The molecule has 2 aliphatic rings. The Balaban J connectivity index is 1.54. The van der Waals surface area contributed by atoms with Crippen molar-refractivity contribution < 1.29 is 42.9 Å². The highest BCUT2D eigenvalue weighted by Crippen LogP contribution is 2.43. The second kappa shape index (κ2) is 13.1. The van der Waals surface area contributed by atoms with Gasteiger partial charge in [-0.1, -0.05) is 48.2 Å². The van der Waals surface area contributed by atoms with E-state index >= 15 is 0 Å². The molecular weight excluding hydrogens is 524 g/mol. The van der Waals surface area contributed by atoms with Crippen LogP contribution in [-0.2, 0) is 33.3 Å². The van der Waals surface area contributed by atoms with Gasteiger partial charge in [0.05, 0.1) is 23.3 Å². The molecule has 1 saturated heterocycles. The molecule has 1 aliphatic heterocycles. The van der Waals surface area contributed by atoms with Crippen molar-refractivity contribution in [2.45, 2.75) is 49.9 Å². The number of benzene rings is 2. The fourth-order valence-electron chi connectivity index (χ4n) is 4.41. The first kappa shape index (κ1) is 28.5. The molecule has 0 radical (unpaired) electrons. The lowest BCUT2D eigenvalue weighted by Gasteiger charge is -2.33. The highest BCUT2D eigenvalue weighted by molar-refractivity contribution is 8.14. The van der Waals surface area contributed by atoms with Crippen molar-refractivity contribution in [2.24, 2.45) is 0 Å².